The van der Waals surface area contributed by atoms with Gasteiger partial charge >= 0.3 is 0 Å². The van der Waals surface area contributed by atoms with Gasteiger partial charge in [-0.1, -0.05) is 18.2 Å². The molecule has 2 aliphatic rings. The Balaban J connectivity index is 1.93. The summed E-state index contributed by atoms with van der Waals surface area (Å²) in [6, 6.07) is 4.65. The molecule has 22 heavy (non-hydrogen) atoms. The number of hydrogen-bond acceptors (Lipinski definition) is 4. The van der Waals surface area contributed by atoms with Crippen molar-refractivity contribution in [3.63, 3.8) is 0 Å². The second-order valence-corrected chi connectivity index (χ2v) is 5.87. The van der Waals surface area contributed by atoms with Crippen LogP contribution in [0.2, 0.25) is 0 Å². The monoisotopic (exact) mass is 298 g/mol. The molecule has 0 amide bonds. The molecule has 1 heterocycles. The predicted octanol–water partition coefficient (Wildman–Crippen LogP) is 3.25. The minimum Gasteiger partial charge on any atom is -0.494 e. The van der Waals surface area contributed by atoms with Gasteiger partial charge in [0.15, 0.2) is 0 Å². The highest BCUT2D eigenvalue weighted by Gasteiger charge is 2.41. The summed E-state index contributed by atoms with van der Waals surface area (Å²) >= 11 is 0. The van der Waals surface area contributed by atoms with Crippen LogP contribution in [0.5, 0.6) is 11.8 Å². The van der Waals surface area contributed by atoms with Gasteiger partial charge < -0.3 is 10.2 Å². The van der Waals surface area contributed by atoms with Crippen molar-refractivity contribution in [3.8, 4) is 17.4 Å². The van der Waals surface area contributed by atoms with E-state index in [1.54, 1.807) is 19.1 Å². The summed E-state index contributed by atoms with van der Waals surface area (Å²) in [6.07, 6.45) is 4.95. The molecule has 0 spiro atoms. The average molecular weight is 298 g/mol. The lowest BCUT2D eigenvalue weighted by Crippen LogP contribution is -1.98. The summed E-state index contributed by atoms with van der Waals surface area (Å²) < 4.78 is 1.29. The van der Waals surface area contributed by atoms with E-state index in [9.17, 15) is 20.3 Å². The number of rotatable bonds is 2. The van der Waals surface area contributed by atoms with E-state index in [1.807, 2.05) is 12.2 Å². The van der Waals surface area contributed by atoms with Crippen molar-refractivity contribution in [2.45, 2.75) is 25.2 Å². The maximum atomic E-state index is 11.1. The molecular weight excluding hydrogens is 284 g/mol. The Labute approximate surface area is 126 Å². The number of hydrogen-bond donors (Lipinski definition) is 2. The standard InChI is InChI=1S/C16H14N2O4/c1-8-2-5-11(7-12(8)18(21)22)17-15(19)13-9-3-4-10(6-9)14(13)16(17)20/h2-5,7,9-10,19-20H,6H2,1H3/t9-,10+. The second-order valence-electron chi connectivity index (χ2n) is 5.87. The highest BCUT2D eigenvalue weighted by Crippen LogP contribution is 2.57. The highest BCUT2D eigenvalue weighted by molar-refractivity contribution is 5.63. The van der Waals surface area contributed by atoms with E-state index in [0.717, 1.165) is 17.5 Å². The predicted molar refractivity (Wildman–Crippen MR) is 79.7 cm³/mol. The number of benzene rings is 1. The van der Waals surface area contributed by atoms with E-state index < -0.39 is 4.92 Å². The molecule has 112 valence electrons. The van der Waals surface area contributed by atoms with Gasteiger partial charge in [0, 0.05) is 34.6 Å². The van der Waals surface area contributed by atoms with Crippen molar-refractivity contribution in [1.29, 1.82) is 0 Å². The molecule has 6 nitrogen and oxygen atoms in total. The minimum atomic E-state index is -0.463. The van der Waals surface area contributed by atoms with Gasteiger partial charge in [-0.2, -0.15) is 0 Å². The molecule has 0 radical (unpaired) electrons. The topological polar surface area (TPSA) is 88.5 Å². The lowest BCUT2D eigenvalue weighted by molar-refractivity contribution is -0.385. The summed E-state index contributed by atoms with van der Waals surface area (Å²) in [6.45, 7) is 1.65. The lowest BCUT2D eigenvalue weighted by atomic mass is 10.0. The van der Waals surface area contributed by atoms with Crippen LogP contribution in [0.4, 0.5) is 5.69 Å². The van der Waals surface area contributed by atoms with E-state index in [2.05, 4.69) is 0 Å². The van der Waals surface area contributed by atoms with Gasteiger partial charge in [-0.25, -0.2) is 0 Å². The van der Waals surface area contributed by atoms with Gasteiger partial charge in [0.05, 0.1) is 10.6 Å². The lowest BCUT2D eigenvalue weighted by Gasteiger charge is -2.10. The molecular formula is C16H14N2O4. The molecule has 2 atom stereocenters. The van der Waals surface area contributed by atoms with Gasteiger partial charge in [0.2, 0.25) is 11.8 Å². The van der Waals surface area contributed by atoms with Crippen LogP contribution in [-0.2, 0) is 0 Å². The Morgan fingerprint density at radius 3 is 2.32 bits per heavy atom. The summed E-state index contributed by atoms with van der Waals surface area (Å²) in [5, 5.41) is 32.1. The number of allylic oxidation sites excluding steroid dienone is 2. The number of nitro groups is 1. The van der Waals surface area contributed by atoms with Gasteiger partial charge in [-0.15, -0.1) is 0 Å². The maximum absolute atomic E-state index is 11.1. The third-order valence-corrected chi connectivity index (χ3v) is 4.67. The first kappa shape index (κ1) is 12.9. The SMILES string of the molecule is Cc1ccc(-n2c(O)c3c(c2O)[C@H]2C=C[C@@H]3C2)cc1[N+](=O)[O-]. The van der Waals surface area contributed by atoms with Crippen LogP contribution in [-0.4, -0.2) is 19.7 Å². The van der Waals surface area contributed by atoms with Crippen molar-refractivity contribution in [2.24, 2.45) is 0 Å². The molecule has 1 aromatic heterocycles. The summed E-state index contributed by atoms with van der Waals surface area (Å²) in [5.41, 5.74) is 2.38. The fourth-order valence-electron chi connectivity index (χ4n) is 3.62. The van der Waals surface area contributed by atoms with Crippen molar-refractivity contribution in [3.05, 3.63) is 57.2 Å². The molecule has 0 saturated carbocycles. The first-order chi connectivity index (χ1) is 10.5. The van der Waals surface area contributed by atoms with Crippen LogP contribution < -0.4 is 0 Å². The van der Waals surface area contributed by atoms with E-state index in [-0.39, 0.29) is 29.3 Å². The van der Waals surface area contributed by atoms with Crippen LogP contribution in [0.1, 0.15) is 34.9 Å². The van der Waals surface area contributed by atoms with Crippen molar-refractivity contribution in [2.75, 3.05) is 0 Å². The molecule has 0 aliphatic heterocycles. The minimum absolute atomic E-state index is 0.0255. The van der Waals surface area contributed by atoms with Gasteiger partial charge in [-0.05, 0) is 19.4 Å². The fourth-order valence-corrected chi connectivity index (χ4v) is 3.62. The number of fused-ring (bicyclic) bond motifs is 5. The van der Waals surface area contributed by atoms with Crippen LogP contribution in [0.15, 0.2) is 30.4 Å². The van der Waals surface area contributed by atoms with Crippen molar-refractivity contribution in [1.82, 2.24) is 4.57 Å². The van der Waals surface area contributed by atoms with Crippen LogP contribution in [0.3, 0.4) is 0 Å². The zero-order valence-corrected chi connectivity index (χ0v) is 11.9. The Hall–Kier alpha value is -2.76. The van der Waals surface area contributed by atoms with Crippen LogP contribution in [0, 0.1) is 17.0 Å². The molecule has 0 fully saturated rings. The zero-order valence-electron chi connectivity index (χ0n) is 11.9. The Kier molecular flexibility index (Phi) is 2.43. The average Bonchev–Trinajstić information content (AvgIpc) is 3.14. The molecule has 0 saturated heterocycles. The third-order valence-electron chi connectivity index (χ3n) is 4.67. The largest absolute Gasteiger partial charge is 0.494 e. The summed E-state index contributed by atoms with van der Waals surface area (Å²) in [5.74, 6) is 0.185. The van der Waals surface area contributed by atoms with Gasteiger partial charge in [0.1, 0.15) is 0 Å². The first-order valence-electron chi connectivity index (χ1n) is 7.09. The fraction of sp³-hybridized carbons (Fsp3) is 0.250. The Morgan fingerprint density at radius 1 is 1.18 bits per heavy atom. The normalized spacial score (nSPS) is 21.3. The highest BCUT2D eigenvalue weighted by atomic mass is 16.6. The Bertz CT molecular complexity index is 815. The van der Waals surface area contributed by atoms with Gasteiger partial charge in [0.25, 0.3) is 5.69 Å². The van der Waals surface area contributed by atoms with Crippen LogP contribution >= 0.6 is 0 Å². The Morgan fingerprint density at radius 2 is 1.77 bits per heavy atom. The molecule has 2 N–H and O–H groups in total. The van der Waals surface area contributed by atoms with Crippen LogP contribution in [0.25, 0.3) is 5.69 Å². The number of aryl methyl sites for hydroxylation is 1. The molecule has 2 aliphatic carbocycles. The second kappa shape index (κ2) is 4.13. The first-order valence-corrected chi connectivity index (χ1v) is 7.09. The van der Waals surface area contributed by atoms with E-state index in [0.29, 0.717) is 11.3 Å². The number of nitrogens with zero attached hydrogens (tertiary/aromatic N) is 2. The molecule has 2 aromatic rings. The zero-order chi connectivity index (χ0) is 15.6. The van der Waals surface area contributed by atoms with E-state index in [1.165, 1.54) is 10.6 Å². The number of aromatic hydroxyl groups is 2. The third kappa shape index (κ3) is 1.49. The quantitative estimate of drug-likeness (QED) is 0.506. The molecule has 6 heteroatoms. The smallest absolute Gasteiger partial charge is 0.274 e. The number of aromatic nitrogens is 1. The van der Waals surface area contributed by atoms with Gasteiger partial charge in [-0.3, -0.25) is 14.7 Å². The molecule has 2 bridgehead atoms. The summed E-state index contributed by atoms with van der Waals surface area (Å²) in [4.78, 5) is 10.6. The maximum Gasteiger partial charge on any atom is 0.274 e. The molecule has 1 aromatic carbocycles. The van der Waals surface area contributed by atoms with E-state index in [4.69, 9.17) is 0 Å². The van der Waals surface area contributed by atoms with Crippen molar-refractivity contribution < 1.29 is 15.1 Å². The van der Waals surface area contributed by atoms with Crippen molar-refractivity contribution >= 4 is 5.69 Å². The summed E-state index contributed by atoms with van der Waals surface area (Å²) in [7, 11) is 0. The molecule has 4 rings (SSSR count). The number of nitro benzene ring substituents is 1. The molecule has 0 unspecified atom stereocenters. The van der Waals surface area contributed by atoms with E-state index >= 15 is 0 Å².